The fraction of sp³-hybridized carbons (Fsp3) is 0.417. The fourth-order valence-corrected chi connectivity index (χ4v) is 2.43. The predicted molar refractivity (Wildman–Crippen MR) is 66.7 cm³/mol. The van der Waals surface area contributed by atoms with Gasteiger partial charge in [0, 0.05) is 20.4 Å². The van der Waals surface area contributed by atoms with Crippen molar-refractivity contribution >= 4 is 14.3 Å². The SMILES string of the molecule is CO[PH](=O)CCC(C=O)(OC)c1ccccc1. The van der Waals surface area contributed by atoms with Crippen LogP contribution in [0.15, 0.2) is 30.3 Å². The number of rotatable bonds is 7. The molecular formula is C12H17O4P. The van der Waals surface area contributed by atoms with E-state index in [-0.39, 0.29) is 0 Å². The number of methoxy groups -OCH3 is 1. The van der Waals surface area contributed by atoms with E-state index in [1.807, 2.05) is 30.3 Å². The van der Waals surface area contributed by atoms with Crippen molar-refractivity contribution in [3.05, 3.63) is 35.9 Å². The fourth-order valence-electron chi connectivity index (χ4n) is 1.65. The second-order valence-electron chi connectivity index (χ2n) is 3.65. The van der Waals surface area contributed by atoms with Crippen molar-refractivity contribution in [1.29, 1.82) is 0 Å². The molecule has 0 saturated carbocycles. The number of carbonyl (C=O) groups is 1. The molecule has 0 bridgehead atoms. The monoisotopic (exact) mass is 256 g/mol. The van der Waals surface area contributed by atoms with E-state index in [9.17, 15) is 9.36 Å². The second kappa shape index (κ2) is 6.70. The van der Waals surface area contributed by atoms with Gasteiger partial charge in [-0.15, -0.1) is 0 Å². The lowest BCUT2D eigenvalue weighted by atomic mass is 9.92. The van der Waals surface area contributed by atoms with Crippen LogP contribution in [0.5, 0.6) is 0 Å². The molecular weight excluding hydrogens is 239 g/mol. The summed E-state index contributed by atoms with van der Waals surface area (Å²) >= 11 is 0. The summed E-state index contributed by atoms with van der Waals surface area (Å²) in [6, 6.07) is 9.19. The Kier molecular flexibility index (Phi) is 5.56. The van der Waals surface area contributed by atoms with Gasteiger partial charge < -0.3 is 9.26 Å². The number of aldehydes is 1. The standard InChI is InChI=1S/C12H17O4P/c1-15-12(10-13,8-9-17(14)16-2)11-6-4-3-5-7-11/h3-7,10,17H,8-9H2,1-2H3. The highest BCUT2D eigenvalue weighted by Gasteiger charge is 2.31. The van der Waals surface area contributed by atoms with Crippen LogP contribution >= 0.6 is 8.03 Å². The van der Waals surface area contributed by atoms with E-state index in [2.05, 4.69) is 0 Å². The Morgan fingerprint density at radius 2 is 1.94 bits per heavy atom. The Hall–Kier alpha value is -0.960. The van der Waals surface area contributed by atoms with Gasteiger partial charge in [-0.2, -0.15) is 0 Å². The molecule has 0 fully saturated rings. The number of hydrogen-bond donors (Lipinski definition) is 0. The molecule has 2 unspecified atom stereocenters. The van der Waals surface area contributed by atoms with Crippen LogP contribution in [0.2, 0.25) is 0 Å². The Bertz CT molecular complexity index is 379. The van der Waals surface area contributed by atoms with Crippen LogP contribution in [0, 0.1) is 0 Å². The van der Waals surface area contributed by atoms with Crippen molar-refractivity contribution in [3.8, 4) is 0 Å². The highest BCUT2D eigenvalue weighted by Crippen LogP contribution is 2.32. The molecule has 1 aromatic carbocycles. The molecule has 94 valence electrons. The van der Waals surface area contributed by atoms with Crippen molar-refractivity contribution in [1.82, 2.24) is 0 Å². The van der Waals surface area contributed by atoms with E-state index in [1.54, 1.807) is 0 Å². The molecule has 0 spiro atoms. The quantitative estimate of drug-likeness (QED) is 0.554. The van der Waals surface area contributed by atoms with E-state index < -0.39 is 13.6 Å². The van der Waals surface area contributed by atoms with Crippen LogP contribution in [0.4, 0.5) is 0 Å². The number of ether oxygens (including phenoxy) is 1. The first-order valence-electron chi connectivity index (χ1n) is 5.32. The molecule has 4 nitrogen and oxygen atoms in total. The van der Waals surface area contributed by atoms with E-state index in [4.69, 9.17) is 9.26 Å². The molecule has 0 saturated heterocycles. The zero-order valence-corrected chi connectivity index (χ0v) is 11.0. The van der Waals surface area contributed by atoms with Gasteiger partial charge in [-0.25, -0.2) is 0 Å². The molecule has 0 aliphatic heterocycles. The van der Waals surface area contributed by atoms with Crippen molar-refractivity contribution in [2.45, 2.75) is 12.0 Å². The van der Waals surface area contributed by atoms with Crippen LogP contribution in [-0.4, -0.2) is 26.7 Å². The highest BCUT2D eigenvalue weighted by atomic mass is 31.1. The van der Waals surface area contributed by atoms with Gasteiger partial charge in [-0.05, 0) is 12.0 Å². The van der Waals surface area contributed by atoms with Gasteiger partial charge in [0.25, 0.3) is 0 Å². The number of carbonyl (C=O) groups excluding carboxylic acids is 1. The molecule has 5 heteroatoms. The van der Waals surface area contributed by atoms with Crippen LogP contribution in [-0.2, 0) is 24.2 Å². The minimum Gasteiger partial charge on any atom is -0.366 e. The summed E-state index contributed by atoms with van der Waals surface area (Å²) in [5, 5.41) is 0. The highest BCUT2D eigenvalue weighted by molar-refractivity contribution is 7.39. The van der Waals surface area contributed by atoms with Gasteiger partial charge in [0.1, 0.15) is 5.60 Å². The molecule has 0 N–H and O–H groups in total. The topological polar surface area (TPSA) is 52.6 Å². The van der Waals surface area contributed by atoms with E-state index >= 15 is 0 Å². The maximum absolute atomic E-state index is 11.3. The predicted octanol–water partition coefficient (Wildman–Crippen LogP) is 2.24. The summed E-state index contributed by atoms with van der Waals surface area (Å²) < 4.78 is 21.4. The second-order valence-corrected chi connectivity index (χ2v) is 5.31. The number of benzene rings is 1. The van der Waals surface area contributed by atoms with Crippen LogP contribution in [0.3, 0.4) is 0 Å². The molecule has 2 atom stereocenters. The average molecular weight is 256 g/mol. The normalized spacial score (nSPS) is 16.1. The summed E-state index contributed by atoms with van der Waals surface area (Å²) in [5.41, 5.74) is -0.261. The zero-order valence-electron chi connectivity index (χ0n) is 10.0. The Balaban J connectivity index is 2.90. The third-order valence-electron chi connectivity index (χ3n) is 2.75. The van der Waals surface area contributed by atoms with Gasteiger partial charge in [0.05, 0.1) is 0 Å². The first-order chi connectivity index (χ1) is 8.18. The van der Waals surface area contributed by atoms with Crippen LogP contribution in [0.1, 0.15) is 12.0 Å². The minimum atomic E-state index is -2.08. The molecule has 0 aliphatic carbocycles. The maximum atomic E-state index is 11.3. The zero-order chi connectivity index (χ0) is 12.7. The third kappa shape index (κ3) is 3.50. The summed E-state index contributed by atoms with van der Waals surface area (Å²) in [6.07, 6.45) is 1.43. The smallest absolute Gasteiger partial charge is 0.191 e. The Morgan fingerprint density at radius 1 is 1.29 bits per heavy atom. The van der Waals surface area contributed by atoms with E-state index in [1.165, 1.54) is 14.2 Å². The van der Waals surface area contributed by atoms with Gasteiger partial charge in [0.15, 0.2) is 14.3 Å². The maximum Gasteiger partial charge on any atom is 0.191 e. The number of hydrogen-bond acceptors (Lipinski definition) is 4. The average Bonchev–Trinajstić information content (AvgIpc) is 2.41. The summed E-state index contributed by atoms with van der Waals surface area (Å²) in [5.74, 6) is 0. The third-order valence-corrected chi connectivity index (χ3v) is 3.86. The Morgan fingerprint density at radius 3 is 2.41 bits per heavy atom. The lowest BCUT2D eigenvalue weighted by Crippen LogP contribution is -2.31. The molecule has 1 rings (SSSR count). The van der Waals surface area contributed by atoms with Gasteiger partial charge >= 0.3 is 0 Å². The summed E-state index contributed by atoms with van der Waals surface area (Å²) in [4.78, 5) is 11.3. The lowest BCUT2D eigenvalue weighted by molar-refractivity contribution is -0.129. The van der Waals surface area contributed by atoms with E-state index in [0.717, 1.165) is 11.8 Å². The van der Waals surface area contributed by atoms with Crippen molar-refractivity contribution in [2.24, 2.45) is 0 Å². The summed E-state index contributed by atoms with van der Waals surface area (Å²) in [6.45, 7) is 0. The van der Waals surface area contributed by atoms with Gasteiger partial charge in [-0.3, -0.25) is 9.36 Å². The molecule has 0 aromatic heterocycles. The molecule has 0 radical (unpaired) electrons. The molecule has 0 heterocycles. The molecule has 17 heavy (non-hydrogen) atoms. The molecule has 0 amide bonds. The lowest BCUT2D eigenvalue weighted by Gasteiger charge is -2.26. The van der Waals surface area contributed by atoms with E-state index in [0.29, 0.717) is 12.6 Å². The first-order valence-corrected chi connectivity index (χ1v) is 6.84. The van der Waals surface area contributed by atoms with Crippen LogP contribution in [0.25, 0.3) is 0 Å². The molecule has 0 aliphatic rings. The minimum absolute atomic E-state index is 0.322. The van der Waals surface area contributed by atoms with Crippen molar-refractivity contribution in [2.75, 3.05) is 20.4 Å². The van der Waals surface area contributed by atoms with Crippen molar-refractivity contribution in [3.63, 3.8) is 0 Å². The molecule has 1 aromatic rings. The van der Waals surface area contributed by atoms with Crippen LogP contribution < -0.4 is 0 Å². The first kappa shape index (κ1) is 14.1. The Labute approximate surface area is 102 Å². The summed E-state index contributed by atoms with van der Waals surface area (Å²) in [7, 11) is 0.802. The van der Waals surface area contributed by atoms with Gasteiger partial charge in [0.2, 0.25) is 0 Å². The van der Waals surface area contributed by atoms with Crippen molar-refractivity contribution < 1.29 is 18.6 Å². The largest absolute Gasteiger partial charge is 0.366 e. The van der Waals surface area contributed by atoms with Gasteiger partial charge in [-0.1, -0.05) is 30.3 Å².